The second-order valence-corrected chi connectivity index (χ2v) is 7.50. The highest BCUT2D eigenvalue weighted by Gasteiger charge is 2.33. The molecule has 2 rings (SSSR count). The number of nitrogens with zero attached hydrogens (tertiary/aromatic N) is 1. The Kier molecular flexibility index (Phi) is 4.25. The maximum atomic E-state index is 12.6. The molecule has 112 valence electrons. The Labute approximate surface area is 120 Å². The first-order valence-corrected chi connectivity index (χ1v) is 8.24. The Morgan fingerprint density at radius 2 is 2.10 bits per heavy atom. The second-order valence-electron chi connectivity index (χ2n) is 5.56. The van der Waals surface area contributed by atoms with Crippen molar-refractivity contribution >= 4 is 15.7 Å². The van der Waals surface area contributed by atoms with Gasteiger partial charge in [0.1, 0.15) is 5.75 Å². The van der Waals surface area contributed by atoms with Gasteiger partial charge in [0.2, 0.25) is 10.0 Å². The average molecular weight is 298 g/mol. The molecule has 0 aromatic heterocycles. The summed E-state index contributed by atoms with van der Waals surface area (Å²) >= 11 is 0. The van der Waals surface area contributed by atoms with Gasteiger partial charge in [-0.15, -0.1) is 0 Å². The molecule has 1 heterocycles. The third kappa shape index (κ3) is 2.76. The molecule has 1 saturated heterocycles. The molecule has 1 aliphatic rings. The molecule has 0 amide bonds. The molecule has 2 N–H and O–H groups in total. The number of hydrogen-bond acceptors (Lipinski definition) is 4. The minimum atomic E-state index is -3.45. The van der Waals surface area contributed by atoms with Crippen LogP contribution in [0.3, 0.4) is 0 Å². The van der Waals surface area contributed by atoms with Gasteiger partial charge < -0.3 is 10.5 Å². The normalized spacial score (nSPS) is 20.5. The summed E-state index contributed by atoms with van der Waals surface area (Å²) in [4.78, 5) is 0.236. The monoisotopic (exact) mass is 298 g/mol. The van der Waals surface area contributed by atoms with E-state index < -0.39 is 10.0 Å². The molecule has 1 fully saturated rings. The van der Waals surface area contributed by atoms with Crippen molar-refractivity contribution in [3.05, 3.63) is 18.2 Å². The fraction of sp³-hybridized carbons (Fsp3) is 0.571. The van der Waals surface area contributed by atoms with Crippen molar-refractivity contribution in [2.75, 3.05) is 25.9 Å². The number of nitrogens with two attached hydrogens (primary N) is 1. The van der Waals surface area contributed by atoms with E-state index in [1.54, 1.807) is 16.4 Å². The van der Waals surface area contributed by atoms with Crippen LogP contribution in [0.1, 0.15) is 20.3 Å². The SMILES string of the molecule is COc1ccc(S(=O)(=O)N2CCC(C(C)C)C2)cc1N. The molecule has 0 spiro atoms. The number of sulfonamides is 1. The molecule has 1 aromatic carbocycles. The first-order valence-electron chi connectivity index (χ1n) is 6.80. The van der Waals surface area contributed by atoms with E-state index in [-0.39, 0.29) is 4.90 Å². The van der Waals surface area contributed by atoms with E-state index in [2.05, 4.69) is 13.8 Å². The lowest BCUT2D eigenvalue weighted by Crippen LogP contribution is -2.29. The summed E-state index contributed by atoms with van der Waals surface area (Å²) in [5, 5.41) is 0. The third-order valence-corrected chi connectivity index (χ3v) is 5.83. The molecule has 1 atom stereocenters. The molecule has 6 heteroatoms. The van der Waals surface area contributed by atoms with Gasteiger partial charge in [0.25, 0.3) is 0 Å². The van der Waals surface area contributed by atoms with Crippen LogP contribution in [0.25, 0.3) is 0 Å². The van der Waals surface area contributed by atoms with Gasteiger partial charge in [-0.2, -0.15) is 4.31 Å². The van der Waals surface area contributed by atoms with Gasteiger partial charge in [-0.05, 0) is 36.5 Å². The first kappa shape index (κ1) is 15.1. The molecular formula is C14H22N2O3S. The minimum Gasteiger partial charge on any atom is -0.495 e. The van der Waals surface area contributed by atoms with Crippen molar-refractivity contribution in [2.24, 2.45) is 11.8 Å². The van der Waals surface area contributed by atoms with Crippen LogP contribution < -0.4 is 10.5 Å². The van der Waals surface area contributed by atoms with Crippen LogP contribution in [-0.2, 0) is 10.0 Å². The third-order valence-electron chi connectivity index (χ3n) is 3.97. The van der Waals surface area contributed by atoms with Crippen molar-refractivity contribution in [2.45, 2.75) is 25.2 Å². The van der Waals surface area contributed by atoms with Crippen LogP contribution in [0.2, 0.25) is 0 Å². The summed E-state index contributed by atoms with van der Waals surface area (Å²) in [5.41, 5.74) is 6.14. The Morgan fingerprint density at radius 1 is 1.40 bits per heavy atom. The van der Waals surface area contributed by atoms with E-state index in [1.165, 1.54) is 13.2 Å². The summed E-state index contributed by atoms with van der Waals surface area (Å²) in [5.74, 6) is 1.42. The zero-order valence-corrected chi connectivity index (χ0v) is 13.0. The van der Waals surface area contributed by atoms with Crippen molar-refractivity contribution in [3.8, 4) is 5.75 Å². The minimum absolute atomic E-state index is 0.236. The van der Waals surface area contributed by atoms with E-state index in [4.69, 9.17) is 10.5 Å². The summed E-state index contributed by atoms with van der Waals surface area (Å²) < 4.78 is 31.8. The van der Waals surface area contributed by atoms with Gasteiger partial charge in [-0.25, -0.2) is 8.42 Å². The molecular weight excluding hydrogens is 276 g/mol. The van der Waals surface area contributed by atoms with Crippen LogP contribution in [-0.4, -0.2) is 32.9 Å². The molecule has 5 nitrogen and oxygen atoms in total. The molecule has 20 heavy (non-hydrogen) atoms. The molecule has 1 aromatic rings. The number of nitrogen functional groups attached to an aromatic ring is 1. The van der Waals surface area contributed by atoms with Crippen molar-refractivity contribution < 1.29 is 13.2 Å². The highest BCUT2D eigenvalue weighted by molar-refractivity contribution is 7.89. The molecule has 0 bridgehead atoms. The van der Waals surface area contributed by atoms with Crippen molar-refractivity contribution in [3.63, 3.8) is 0 Å². The molecule has 1 unspecified atom stereocenters. The van der Waals surface area contributed by atoms with Crippen LogP contribution in [0, 0.1) is 11.8 Å². The van der Waals surface area contributed by atoms with Crippen molar-refractivity contribution in [1.82, 2.24) is 4.31 Å². The number of ether oxygens (including phenoxy) is 1. The standard InChI is InChI=1S/C14H22N2O3S/c1-10(2)11-6-7-16(9-11)20(17,18)12-4-5-14(19-3)13(15)8-12/h4-5,8,10-11H,6-7,9,15H2,1-3H3. The number of anilines is 1. The maximum Gasteiger partial charge on any atom is 0.243 e. The van der Waals surface area contributed by atoms with Crippen LogP contribution in [0.15, 0.2) is 23.1 Å². The molecule has 0 saturated carbocycles. The van der Waals surface area contributed by atoms with Crippen LogP contribution >= 0.6 is 0 Å². The smallest absolute Gasteiger partial charge is 0.243 e. The lowest BCUT2D eigenvalue weighted by Gasteiger charge is -2.18. The Hall–Kier alpha value is -1.27. The predicted octanol–water partition coefficient (Wildman–Crippen LogP) is 1.94. The van der Waals surface area contributed by atoms with Crippen molar-refractivity contribution in [1.29, 1.82) is 0 Å². The lowest BCUT2D eigenvalue weighted by molar-refractivity contribution is 0.388. The Balaban J connectivity index is 2.25. The van der Waals surface area contributed by atoms with E-state index in [0.717, 1.165) is 6.42 Å². The Bertz CT molecular complexity index is 584. The van der Waals surface area contributed by atoms with E-state index >= 15 is 0 Å². The van der Waals surface area contributed by atoms with Gasteiger partial charge >= 0.3 is 0 Å². The Morgan fingerprint density at radius 3 is 2.60 bits per heavy atom. The van der Waals surface area contributed by atoms with Gasteiger partial charge in [0.15, 0.2) is 0 Å². The van der Waals surface area contributed by atoms with E-state index in [0.29, 0.717) is 36.4 Å². The fourth-order valence-electron chi connectivity index (χ4n) is 2.54. The number of hydrogen-bond donors (Lipinski definition) is 1. The van der Waals surface area contributed by atoms with E-state index in [1.807, 2.05) is 0 Å². The maximum absolute atomic E-state index is 12.6. The quantitative estimate of drug-likeness (QED) is 0.862. The summed E-state index contributed by atoms with van der Waals surface area (Å²) in [7, 11) is -1.95. The zero-order valence-electron chi connectivity index (χ0n) is 12.2. The largest absolute Gasteiger partial charge is 0.495 e. The average Bonchev–Trinajstić information content (AvgIpc) is 2.89. The summed E-state index contributed by atoms with van der Waals surface area (Å²) in [6.07, 6.45) is 0.919. The molecule has 0 radical (unpaired) electrons. The van der Waals surface area contributed by atoms with Gasteiger partial charge in [-0.3, -0.25) is 0 Å². The van der Waals surface area contributed by atoms with E-state index in [9.17, 15) is 8.42 Å². The van der Waals surface area contributed by atoms with Crippen LogP contribution in [0.4, 0.5) is 5.69 Å². The predicted molar refractivity (Wildman–Crippen MR) is 79.1 cm³/mol. The highest BCUT2D eigenvalue weighted by atomic mass is 32.2. The molecule has 0 aliphatic carbocycles. The van der Waals surface area contributed by atoms with Crippen LogP contribution in [0.5, 0.6) is 5.75 Å². The fourth-order valence-corrected chi connectivity index (χ4v) is 4.09. The summed E-state index contributed by atoms with van der Waals surface area (Å²) in [6, 6.07) is 4.61. The lowest BCUT2D eigenvalue weighted by atomic mass is 9.96. The number of methoxy groups -OCH3 is 1. The van der Waals surface area contributed by atoms with Gasteiger partial charge in [0, 0.05) is 13.1 Å². The van der Waals surface area contributed by atoms with Gasteiger partial charge in [-0.1, -0.05) is 13.8 Å². The summed E-state index contributed by atoms with van der Waals surface area (Å²) in [6.45, 7) is 5.43. The van der Waals surface area contributed by atoms with Gasteiger partial charge in [0.05, 0.1) is 17.7 Å². The topological polar surface area (TPSA) is 72.6 Å². The molecule has 1 aliphatic heterocycles. The highest BCUT2D eigenvalue weighted by Crippen LogP contribution is 2.31. The first-order chi connectivity index (χ1) is 9.36. The number of benzene rings is 1. The number of rotatable bonds is 4. The zero-order chi connectivity index (χ0) is 14.9. The second kappa shape index (κ2) is 5.61.